The average Bonchev–Trinajstić information content (AvgIpc) is 2.95. The smallest absolute Gasteiger partial charge is 0.261 e. The molecular formula is C17H21NO3S. The van der Waals surface area contributed by atoms with E-state index in [2.05, 4.69) is 5.32 Å². The molecule has 1 heterocycles. The van der Waals surface area contributed by atoms with Crippen LogP contribution in [0.4, 0.5) is 0 Å². The zero-order valence-corrected chi connectivity index (χ0v) is 13.9. The zero-order valence-electron chi connectivity index (χ0n) is 13.1. The van der Waals surface area contributed by atoms with Gasteiger partial charge in [-0.25, -0.2) is 0 Å². The number of hydrogen-bond donors (Lipinski definition) is 1. The second-order valence-electron chi connectivity index (χ2n) is 5.12. The van der Waals surface area contributed by atoms with Crippen LogP contribution in [0.25, 0.3) is 0 Å². The fourth-order valence-electron chi connectivity index (χ4n) is 1.91. The van der Waals surface area contributed by atoms with Gasteiger partial charge < -0.3 is 14.8 Å². The molecule has 5 heteroatoms. The standard InChI is InChI=1S/C17H21NO3S/c1-4-20-14-7-5-6-8-15(14)21-10-13-9-16(22-11-13)17(19)18-12(2)3/h5-9,11-12H,4,10H2,1-3H3,(H,18,19). The van der Waals surface area contributed by atoms with Crippen molar-refractivity contribution < 1.29 is 14.3 Å². The molecule has 0 atom stereocenters. The first kappa shape index (κ1) is 16.4. The summed E-state index contributed by atoms with van der Waals surface area (Å²) in [5.41, 5.74) is 0.977. The van der Waals surface area contributed by atoms with Gasteiger partial charge in [-0.05, 0) is 44.4 Å². The molecule has 1 amide bonds. The van der Waals surface area contributed by atoms with Crippen molar-refractivity contribution in [3.63, 3.8) is 0 Å². The number of ether oxygens (including phenoxy) is 2. The molecule has 2 aromatic rings. The molecule has 4 nitrogen and oxygen atoms in total. The summed E-state index contributed by atoms with van der Waals surface area (Å²) in [5, 5.41) is 4.83. The summed E-state index contributed by atoms with van der Waals surface area (Å²) in [4.78, 5) is 12.6. The lowest BCUT2D eigenvalue weighted by molar-refractivity contribution is 0.0947. The van der Waals surface area contributed by atoms with E-state index in [0.29, 0.717) is 23.8 Å². The van der Waals surface area contributed by atoms with Crippen LogP contribution < -0.4 is 14.8 Å². The Morgan fingerprint density at radius 1 is 1.23 bits per heavy atom. The molecule has 0 bridgehead atoms. The van der Waals surface area contributed by atoms with Crippen LogP contribution in [0, 0.1) is 0 Å². The van der Waals surface area contributed by atoms with Crippen LogP contribution in [0.1, 0.15) is 36.0 Å². The highest BCUT2D eigenvalue weighted by atomic mass is 32.1. The number of rotatable bonds is 7. The maximum atomic E-state index is 11.9. The van der Waals surface area contributed by atoms with E-state index in [4.69, 9.17) is 9.47 Å². The Bertz CT molecular complexity index is 622. The van der Waals surface area contributed by atoms with E-state index in [1.807, 2.05) is 56.5 Å². The van der Waals surface area contributed by atoms with Crippen LogP contribution in [0.5, 0.6) is 11.5 Å². The Morgan fingerprint density at radius 3 is 2.55 bits per heavy atom. The topological polar surface area (TPSA) is 47.6 Å². The predicted octanol–water partition coefficient (Wildman–Crippen LogP) is 3.86. The number of hydrogen-bond acceptors (Lipinski definition) is 4. The quantitative estimate of drug-likeness (QED) is 0.843. The predicted molar refractivity (Wildman–Crippen MR) is 88.9 cm³/mol. The molecule has 1 aromatic carbocycles. The van der Waals surface area contributed by atoms with Gasteiger partial charge in [-0.1, -0.05) is 12.1 Å². The zero-order chi connectivity index (χ0) is 15.9. The number of nitrogens with one attached hydrogen (secondary N) is 1. The van der Waals surface area contributed by atoms with Crippen LogP contribution in [-0.2, 0) is 6.61 Å². The van der Waals surface area contributed by atoms with Crippen molar-refractivity contribution >= 4 is 17.2 Å². The van der Waals surface area contributed by atoms with Gasteiger partial charge >= 0.3 is 0 Å². The van der Waals surface area contributed by atoms with Gasteiger partial charge in [0, 0.05) is 11.6 Å². The van der Waals surface area contributed by atoms with Crippen LogP contribution in [0.15, 0.2) is 35.7 Å². The molecular weight excluding hydrogens is 298 g/mol. The average molecular weight is 319 g/mol. The highest BCUT2D eigenvalue weighted by Crippen LogP contribution is 2.27. The minimum absolute atomic E-state index is 0.0408. The Morgan fingerprint density at radius 2 is 1.91 bits per heavy atom. The Balaban J connectivity index is 1.98. The van der Waals surface area contributed by atoms with Gasteiger partial charge in [-0.3, -0.25) is 4.79 Å². The van der Waals surface area contributed by atoms with Gasteiger partial charge in [-0.15, -0.1) is 11.3 Å². The molecule has 0 radical (unpaired) electrons. The minimum atomic E-state index is -0.0408. The van der Waals surface area contributed by atoms with Crippen molar-refractivity contribution in [2.24, 2.45) is 0 Å². The summed E-state index contributed by atoms with van der Waals surface area (Å²) in [5.74, 6) is 1.41. The first-order valence-corrected chi connectivity index (χ1v) is 8.21. The van der Waals surface area contributed by atoms with E-state index in [-0.39, 0.29) is 11.9 Å². The van der Waals surface area contributed by atoms with Gasteiger partial charge in [-0.2, -0.15) is 0 Å². The Kier molecular flexibility index (Phi) is 5.83. The summed E-state index contributed by atoms with van der Waals surface area (Å²) in [6, 6.07) is 9.58. The lowest BCUT2D eigenvalue weighted by Crippen LogP contribution is -2.29. The van der Waals surface area contributed by atoms with E-state index in [9.17, 15) is 4.79 Å². The maximum absolute atomic E-state index is 11.9. The lowest BCUT2D eigenvalue weighted by Gasteiger charge is -2.10. The van der Waals surface area contributed by atoms with Crippen LogP contribution >= 0.6 is 11.3 Å². The monoisotopic (exact) mass is 319 g/mol. The molecule has 1 N–H and O–H groups in total. The van der Waals surface area contributed by atoms with Crippen molar-refractivity contribution in [1.29, 1.82) is 0 Å². The first-order valence-electron chi connectivity index (χ1n) is 7.33. The summed E-state index contributed by atoms with van der Waals surface area (Å²) >= 11 is 1.43. The molecule has 0 saturated carbocycles. The maximum Gasteiger partial charge on any atom is 0.261 e. The molecule has 0 spiro atoms. The Labute approximate surface area is 135 Å². The molecule has 0 aliphatic carbocycles. The molecule has 0 saturated heterocycles. The van der Waals surface area contributed by atoms with Crippen molar-refractivity contribution in [1.82, 2.24) is 5.32 Å². The molecule has 1 aromatic heterocycles. The van der Waals surface area contributed by atoms with Gasteiger partial charge in [0.05, 0.1) is 11.5 Å². The number of benzene rings is 1. The van der Waals surface area contributed by atoms with Gasteiger partial charge in [0.15, 0.2) is 11.5 Å². The normalized spacial score (nSPS) is 10.5. The molecule has 0 aliphatic rings. The SMILES string of the molecule is CCOc1ccccc1OCc1csc(C(=O)NC(C)C)c1. The second-order valence-corrected chi connectivity index (χ2v) is 6.03. The molecule has 0 unspecified atom stereocenters. The van der Waals surface area contributed by atoms with E-state index in [1.165, 1.54) is 11.3 Å². The van der Waals surface area contributed by atoms with Crippen molar-refractivity contribution in [2.45, 2.75) is 33.4 Å². The summed E-state index contributed by atoms with van der Waals surface area (Å²) in [7, 11) is 0. The van der Waals surface area contributed by atoms with Crippen molar-refractivity contribution in [2.75, 3.05) is 6.61 Å². The fourth-order valence-corrected chi connectivity index (χ4v) is 2.71. The van der Waals surface area contributed by atoms with Gasteiger partial charge in [0.1, 0.15) is 6.61 Å². The molecule has 0 fully saturated rings. The van der Waals surface area contributed by atoms with Crippen molar-refractivity contribution in [3.05, 3.63) is 46.2 Å². The molecule has 118 valence electrons. The molecule has 2 rings (SSSR count). The third-order valence-electron chi connectivity index (χ3n) is 2.84. The molecule has 22 heavy (non-hydrogen) atoms. The lowest BCUT2D eigenvalue weighted by atomic mass is 10.3. The third-order valence-corrected chi connectivity index (χ3v) is 3.82. The number of amides is 1. The number of para-hydroxylation sites is 2. The van der Waals surface area contributed by atoms with Crippen LogP contribution in [-0.4, -0.2) is 18.6 Å². The highest BCUT2D eigenvalue weighted by molar-refractivity contribution is 7.12. The van der Waals surface area contributed by atoms with E-state index in [0.717, 1.165) is 11.3 Å². The summed E-state index contributed by atoms with van der Waals surface area (Å²) in [6.07, 6.45) is 0. The van der Waals surface area contributed by atoms with Crippen LogP contribution in [0.3, 0.4) is 0 Å². The highest BCUT2D eigenvalue weighted by Gasteiger charge is 2.11. The van der Waals surface area contributed by atoms with Gasteiger partial charge in [0.25, 0.3) is 5.91 Å². The first-order chi connectivity index (χ1) is 10.6. The number of carbonyl (C=O) groups is 1. The second kappa shape index (κ2) is 7.84. The Hall–Kier alpha value is -2.01. The number of carbonyl (C=O) groups excluding carboxylic acids is 1. The van der Waals surface area contributed by atoms with Gasteiger partial charge in [0.2, 0.25) is 0 Å². The number of thiophene rings is 1. The summed E-state index contributed by atoms with van der Waals surface area (Å²) in [6.45, 7) is 6.84. The van der Waals surface area contributed by atoms with E-state index in [1.54, 1.807) is 0 Å². The minimum Gasteiger partial charge on any atom is -0.490 e. The molecule has 0 aliphatic heterocycles. The van der Waals surface area contributed by atoms with E-state index < -0.39 is 0 Å². The van der Waals surface area contributed by atoms with Crippen LogP contribution in [0.2, 0.25) is 0 Å². The van der Waals surface area contributed by atoms with Crippen molar-refractivity contribution in [3.8, 4) is 11.5 Å². The largest absolute Gasteiger partial charge is 0.490 e. The fraction of sp³-hybridized carbons (Fsp3) is 0.353. The third kappa shape index (κ3) is 4.49. The van der Waals surface area contributed by atoms with E-state index >= 15 is 0 Å². The summed E-state index contributed by atoms with van der Waals surface area (Å²) < 4.78 is 11.3.